The second kappa shape index (κ2) is 11.9. The number of carbonyl (C=O) groups excluding carboxylic acids is 2. The monoisotopic (exact) mass is 538 g/mol. The van der Waals surface area contributed by atoms with Crippen molar-refractivity contribution in [1.29, 1.82) is 0 Å². The number of aliphatic carboxylic acids is 1. The first kappa shape index (κ1) is 28.9. The molecule has 0 spiro atoms. The summed E-state index contributed by atoms with van der Waals surface area (Å²) < 4.78 is 11.4. The average Bonchev–Trinajstić information content (AvgIpc) is 3.32. The quantitative estimate of drug-likeness (QED) is 0.550. The van der Waals surface area contributed by atoms with Gasteiger partial charge in [0.1, 0.15) is 17.7 Å². The molecule has 8 nitrogen and oxygen atoms in total. The molecule has 1 aromatic carbocycles. The number of methoxy groups -OCH3 is 1. The number of nitrogens with zero attached hydrogens (tertiary/aromatic N) is 1. The number of ether oxygens (including phenoxy) is 2. The predicted molar refractivity (Wildman–Crippen MR) is 148 cm³/mol. The number of fused-ring (bicyclic) bond motifs is 11. The summed E-state index contributed by atoms with van der Waals surface area (Å²) in [4.78, 5) is 40.3. The molecule has 2 N–H and O–H groups in total. The summed E-state index contributed by atoms with van der Waals surface area (Å²) in [7, 11) is 1.57. The van der Waals surface area contributed by atoms with E-state index in [1.807, 2.05) is 26.8 Å². The number of rotatable bonds is 2. The molecule has 3 heterocycles. The number of carboxylic acids is 1. The van der Waals surface area contributed by atoms with Gasteiger partial charge in [-0.25, -0.2) is 9.59 Å². The van der Waals surface area contributed by atoms with Crippen LogP contribution in [0, 0.1) is 5.41 Å². The minimum atomic E-state index is -1.09. The summed E-state index contributed by atoms with van der Waals surface area (Å²) in [6.07, 6.45) is 11.4. The fraction of sp³-hybridized carbons (Fsp3) is 0.581. The summed E-state index contributed by atoms with van der Waals surface area (Å²) in [5, 5.41) is 12.9. The first-order valence-corrected chi connectivity index (χ1v) is 14.0. The number of amides is 2. The third kappa shape index (κ3) is 6.38. The topological polar surface area (TPSA) is 105 Å². The lowest BCUT2D eigenvalue weighted by Gasteiger charge is -2.35. The fourth-order valence-corrected chi connectivity index (χ4v) is 6.02. The fourth-order valence-electron chi connectivity index (χ4n) is 6.02. The molecule has 212 valence electrons. The van der Waals surface area contributed by atoms with E-state index in [9.17, 15) is 19.5 Å². The van der Waals surface area contributed by atoms with Gasteiger partial charge in [0.25, 0.3) is 0 Å². The molecule has 2 unspecified atom stereocenters. The highest BCUT2D eigenvalue weighted by Gasteiger charge is 2.53. The largest absolute Gasteiger partial charge is 0.480 e. The minimum absolute atomic E-state index is 0.0834. The molecule has 1 aliphatic carbocycles. The lowest BCUT2D eigenvalue weighted by molar-refractivity contribution is -0.150. The van der Waals surface area contributed by atoms with Crippen LogP contribution in [0.5, 0.6) is 0 Å². The van der Waals surface area contributed by atoms with E-state index in [4.69, 9.17) is 9.47 Å². The standard InChI is InChI=1S/C31H42N2O6/c1-30(2,3)26-27(34)33-20-31(38-4,19-25(33)28(35)36)23-16-14-22(15-17-23)24-13-9-8-12-21(24)11-7-5-6-10-18-39-29(37)32-26/h8-9,12-14,16-17,22,25-26H,5-7,10-11,15,18-20H2,1-4H3,(H,32,37)(H,35,36)/t22?,25?,26-,31+/m1/s1. The Kier molecular flexibility index (Phi) is 8.84. The van der Waals surface area contributed by atoms with Gasteiger partial charge in [0.15, 0.2) is 0 Å². The highest BCUT2D eigenvalue weighted by atomic mass is 16.5. The lowest BCUT2D eigenvalue weighted by atomic mass is 9.81. The molecule has 0 saturated carbocycles. The molecule has 3 aliphatic heterocycles. The van der Waals surface area contributed by atoms with Crippen LogP contribution in [0.15, 0.2) is 48.1 Å². The van der Waals surface area contributed by atoms with Crippen molar-refractivity contribution in [2.75, 3.05) is 20.3 Å². The van der Waals surface area contributed by atoms with Crippen molar-refractivity contribution in [3.05, 3.63) is 59.2 Å². The van der Waals surface area contributed by atoms with Gasteiger partial charge in [-0.15, -0.1) is 0 Å². The zero-order chi connectivity index (χ0) is 28.2. The average molecular weight is 539 g/mol. The van der Waals surface area contributed by atoms with Crippen LogP contribution in [0.4, 0.5) is 4.79 Å². The zero-order valence-corrected chi connectivity index (χ0v) is 23.6. The van der Waals surface area contributed by atoms with E-state index in [1.54, 1.807) is 7.11 Å². The maximum Gasteiger partial charge on any atom is 0.407 e. The van der Waals surface area contributed by atoms with Gasteiger partial charge in [0, 0.05) is 19.4 Å². The van der Waals surface area contributed by atoms with E-state index >= 15 is 0 Å². The van der Waals surface area contributed by atoms with Gasteiger partial charge in [-0.1, -0.05) is 76.1 Å². The van der Waals surface area contributed by atoms with Crippen molar-refractivity contribution in [2.24, 2.45) is 5.41 Å². The third-order valence-corrected chi connectivity index (χ3v) is 8.31. The van der Waals surface area contributed by atoms with Gasteiger partial charge in [-0.3, -0.25) is 4.79 Å². The van der Waals surface area contributed by atoms with Crippen molar-refractivity contribution in [2.45, 2.75) is 89.3 Å². The van der Waals surface area contributed by atoms with Crippen LogP contribution in [-0.4, -0.2) is 65.9 Å². The summed E-state index contributed by atoms with van der Waals surface area (Å²) in [5.41, 5.74) is 1.91. The molecule has 4 bridgehead atoms. The maximum atomic E-state index is 13.9. The number of alkyl carbamates (subject to hydrolysis) is 1. The van der Waals surface area contributed by atoms with Crippen LogP contribution >= 0.6 is 0 Å². The number of aryl methyl sites for hydroxylation is 1. The number of carbonyl (C=O) groups is 3. The summed E-state index contributed by atoms with van der Waals surface area (Å²) in [6.45, 7) is 5.87. The number of carboxylic acid groups (broad SMARTS) is 1. The first-order valence-electron chi connectivity index (χ1n) is 14.0. The van der Waals surface area contributed by atoms with Crippen molar-refractivity contribution in [1.82, 2.24) is 10.2 Å². The Labute approximate surface area is 231 Å². The number of nitrogens with one attached hydrogen (secondary N) is 1. The van der Waals surface area contributed by atoms with Gasteiger partial charge in [-0.2, -0.15) is 0 Å². The highest BCUT2D eigenvalue weighted by Crippen LogP contribution is 2.41. The number of benzene rings is 1. The molecule has 0 aromatic heterocycles. The molecular formula is C31H42N2O6. The lowest BCUT2D eigenvalue weighted by Crippen LogP contribution is -2.57. The maximum absolute atomic E-state index is 13.9. The van der Waals surface area contributed by atoms with Gasteiger partial charge < -0.3 is 24.8 Å². The Morgan fingerprint density at radius 1 is 1.15 bits per heavy atom. The van der Waals surface area contributed by atoms with E-state index in [-0.39, 0.29) is 25.5 Å². The molecular weight excluding hydrogens is 496 g/mol. The molecule has 8 heteroatoms. The Morgan fingerprint density at radius 2 is 1.90 bits per heavy atom. The predicted octanol–water partition coefficient (Wildman–Crippen LogP) is 4.98. The molecule has 1 aromatic rings. The van der Waals surface area contributed by atoms with E-state index < -0.39 is 41.1 Å². The van der Waals surface area contributed by atoms with Crippen LogP contribution in [0.25, 0.3) is 0 Å². The number of hydrogen-bond acceptors (Lipinski definition) is 5. The molecule has 1 saturated heterocycles. The Morgan fingerprint density at radius 3 is 2.56 bits per heavy atom. The van der Waals surface area contributed by atoms with Crippen LogP contribution < -0.4 is 5.32 Å². The van der Waals surface area contributed by atoms with E-state index in [1.165, 1.54) is 16.0 Å². The molecule has 2 amide bonds. The minimum Gasteiger partial charge on any atom is -0.480 e. The van der Waals surface area contributed by atoms with E-state index in [2.05, 4.69) is 41.7 Å². The van der Waals surface area contributed by atoms with Gasteiger partial charge in [-0.05, 0) is 47.8 Å². The summed E-state index contributed by atoms with van der Waals surface area (Å²) in [6, 6.07) is 6.51. The molecule has 4 aliphatic rings. The molecule has 4 atom stereocenters. The number of allylic oxidation sites excluding steroid dienone is 2. The van der Waals surface area contributed by atoms with Crippen molar-refractivity contribution in [3.63, 3.8) is 0 Å². The van der Waals surface area contributed by atoms with E-state index in [0.29, 0.717) is 0 Å². The Hall–Kier alpha value is -3.13. The SMILES string of the molecule is CO[C@@]12CC(C(=O)O)N(C1)C(=O)[C@H](C(C)(C)C)NC(=O)OCCCCCCc1ccccc1C1C=CC2=CC1. The Bertz CT molecular complexity index is 1140. The molecule has 39 heavy (non-hydrogen) atoms. The van der Waals surface area contributed by atoms with Crippen LogP contribution in [0.1, 0.15) is 76.3 Å². The second-order valence-corrected chi connectivity index (χ2v) is 12.0. The van der Waals surface area contributed by atoms with E-state index in [0.717, 1.165) is 44.1 Å². The molecule has 5 rings (SSSR count). The third-order valence-electron chi connectivity index (χ3n) is 8.31. The Balaban J connectivity index is 1.69. The second-order valence-electron chi connectivity index (χ2n) is 12.0. The normalized spacial score (nSPS) is 28.8. The smallest absolute Gasteiger partial charge is 0.407 e. The van der Waals surface area contributed by atoms with Crippen LogP contribution in [-0.2, 0) is 25.5 Å². The van der Waals surface area contributed by atoms with Gasteiger partial charge in [0.2, 0.25) is 5.91 Å². The number of hydrogen-bond donors (Lipinski definition) is 2. The van der Waals surface area contributed by atoms with Crippen molar-refractivity contribution in [3.8, 4) is 0 Å². The molecule has 1 fully saturated rings. The zero-order valence-electron chi connectivity index (χ0n) is 23.6. The van der Waals surface area contributed by atoms with Crippen molar-refractivity contribution < 1.29 is 29.0 Å². The summed E-state index contributed by atoms with van der Waals surface area (Å²) >= 11 is 0. The highest BCUT2D eigenvalue weighted by molar-refractivity contribution is 5.91. The summed E-state index contributed by atoms with van der Waals surface area (Å²) in [5.74, 6) is -1.32. The van der Waals surface area contributed by atoms with Crippen LogP contribution in [0.3, 0.4) is 0 Å². The van der Waals surface area contributed by atoms with Gasteiger partial charge >= 0.3 is 12.1 Å². The molecule has 0 radical (unpaired) electrons. The van der Waals surface area contributed by atoms with Crippen molar-refractivity contribution >= 4 is 18.0 Å². The van der Waals surface area contributed by atoms with Gasteiger partial charge in [0.05, 0.1) is 13.2 Å². The first-order chi connectivity index (χ1) is 18.6. The van der Waals surface area contributed by atoms with Crippen LogP contribution in [0.2, 0.25) is 0 Å².